The Morgan fingerprint density at radius 2 is 2.18 bits per heavy atom. The first-order valence-corrected chi connectivity index (χ1v) is 6.91. The highest BCUT2D eigenvalue weighted by Crippen LogP contribution is 2.43. The van der Waals surface area contributed by atoms with Gasteiger partial charge in [-0.15, -0.1) is 0 Å². The molecule has 0 amide bonds. The van der Waals surface area contributed by atoms with Gasteiger partial charge in [-0.3, -0.25) is 0 Å². The molecule has 0 heterocycles. The number of hydrogen-bond acceptors (Lipinski definition) is 1. The van der Waals surface area contributed by atoms with E-state index in [4.69, 9.17) is 17.3 Å². The normalized spacial score (nSPS) is 23.1. The summed E-state index contributed by atoms with van der Waals surface area (Å²) in [5.41, 5.74) is 7.79. The molecular formula is C13H16BrClFN. The van der Waals surface area contributed by atoms with Crippen molar-refractivity contribution in [1.29, 1.82) is 0 Å². The molecule has 0 saturated carbocycles. The van der Waals surface area contributed by atoms with E-state index in [0.29, 0.717) is 21.5 Å². The SMILES string of the molecule is CC1(C)CCc2c(F)cc(Br)c(Cl)c2C(N)C1. The number of nitrogens with two attached hydrogens (primary N) is 1. The third kappa shape index (κ3) is 2.51. The molecule has 0 radical (unpaired) electrons. The largest absolute Gasteiger partial charge is 0.324 e. The second kappa shape index (κ2) is 4.52. The van der Waals surface area contributed by atoms with Gasteiger partial charge in [-0.2, -0.15) is 0 Å². The molecule has 1 unspecified atom stereocenters. The maximum Gasteiger partial charge on any atom is 0.127 e. The molecule has 0 fully saturated rings. The van der Waals surface area contributed by atoms with Crippen molar-refractivity contribution in [1.82, 2.24) is 0 Å². The van der Waals surface area contributed by atoms with Crippen molar-refractivity contribution in [3.8, 4) is 0 Å². The van der Waals surface area contributed by atoms with Crippen molar-refractivity contribution in [2.24, 2.45) is 11.1 Å². The predicted octanol–water partition coefficient (Wildman–Crippen LogP) is 4.60. The van der Waals surface area contributed by atoms with E-state index in [9.17, 15) is 4.39 Å². The monoisotopic (exact) mass is 319 g/mol. The van der Waals surface area contributed by atoms with Gasteiger partial charge in [0, 0.05) is 10.5 Å². The quantitative estimate of drug-likeness (QED) is 0.548. The van der Waals surface area contributed by atoms with Crippen molar-refractivity contribution in [2.45, 2.75) is 39.2 Å². The summed E-state index contributed by atoms with van der Waals surface area (Å²) < 4.78 is 14.6. The number of halogens is 3. The highest BCUT2D eigenvalue weighted by atomic mass is 79.9. The topological polar surface area (TPSA) is 26.0 Å². The Morgan fingerprint density at radius 1 is 1.53 bits per heavy atom. The number of benzene rings is 1. The summed E-state index contributed by atoms with van der Waals surface area (Å²) in [4.78, 5) is 0. The maximum atomic E-state index is 14.0. The van der Waals surface area contributed by atoms with E-state index in [1.807, 2.05) is 0 Å². The molecule has 1 atom stereocenters. The van der Waals surface area contributed by atoms with Gasteiger partial charge in [-0.1, -0.05) is 25.4 Å². The predicted molar refractivity (Wildman–Crippen MR) is 72.8 cm³/mol. The summed E-state index contributed by atoms with van der Waals surface area (Å²) in [6, 6.07) is 1.24. The van der Waals surface area contributed by atoms with Crippen LogP contribution in [0.3, 0.4) is 0 Å². The molecule has 0 aliphatic heterocycles. The summed E-state index contributed by atoms with van der Waals surface area (Å²) in [7, 11) is 0. The Morgan fingerprint density at radius 3 is 2.82 bits per heavy atom. The third-order valence-electron chi connectivity index (χ3n) is 3.51. The summed E-state index contributed by atoms with van der Waals surface area (Å²) in [6.45, 7) is 4.33. The highest BCUT2D eigenvalue weighted by molar-refractivity contribution is 9.10. The average molecular weight is 321 g/mol. The smallest absolute Gasteiger partial charge is 0.127 e. The zero-order valence-corrected chi connectivity index (χ0v) is 12.3. The molecule has 1 nitrogen and oxygen atoms in total. The van der Waals surface area contributed by atoms with Crippen molar-refractivity contribution in [3.05, 3.63) is 32.5 Å². The van der Waals surface area contributed by atoms with E-state index in [0.717, 1.165) is 18.4 Å². The van der Waals surface area contributed by atoms with Crippen LogP contribution in [0.2, 0.25) is 5.02 Å². The van der Waals surface area contributed by atoms with Gasteiger partial charge in [-0.25, -0.2) is 4.39 Å². The molecule has 0 saturated heterocycles. The molecule has 94 valence electrons. The molecule has 2 N–H and O–H groups in total. The molecule has 4 heteroatoms. The number of fused-ring (bicyclic) bond motifs is 1. The molecule has 2 rings (SSSR count). The third-order valence-corrected chi connectivity index (χ3v) is 4.77. The van der Waals surface area contributed by atoms with Crippen LogP contribution < -0.4 is 5.73 Å². The molecule has 1 aromatic carbocycles. The number of hydrogen-bond donors (Lipinski definition) is 1. The van der Waals surface area contributed by atoms with Gasteiger partial charge in [0.2, 0.25) is 0 Å². The zero-order chi connectivity index (χ0) is 12.8. The van der Waals surface area contributed by atoms with E-state index < -0.39 is 0 Å². The van der Waals surface area contributed by atoms with Crippen LogP contribution in [0.25, 0.3) is 0 Å². The van der Waals surface area contributed by atoms with Crippen molar-refractivity contribution in [2.75, 3.05) is 0 Å². The standard InChI is InChI=1S/C13H16BrClFN/c1-13(2)4-3-7-9(16)5-8(14)12(15)11(7)10(17)6-13/h5,10H,3-4,6,17H2,1-2H3. The van der Waals surface area contributed by atoms with E-state index in [2.05, 4.69) is 29.8 Å². The van der Waals surface area contributed by atoms with Gasteiger partial charge in [-0.05, 0) is 57.8 Å². The fourth-order valence-electron chi connectivity index (χ4n) is 2.55. The second-order valence-corrected chi connectivity index (χ2v) is 6.75. The second-order valence-electron chi connectivity index (χ2n) is 5.52. The molecule has 1 aliphatic rings. The van der Waals surface area contributed by atoms with Gasteiger partial charge in [0.25, 0.3) is 0 Å². The molecular weight excluding hydrogens is 305 g/mol. The maximum absolute atomic E-state index is 14.0. The van der Waals surface area contributed by atoms with E-state index >= 15 is 0 Å². The lowest BCUT2D eigenvalue weighted by Gasteiger charge is -2.25. The summed E-state index contributed by atoms with van der Waals surface area (Å²) in [5.74, 6) is -0.204. The first-order chi connectivity index (χ1) is 7.82. The lowest BCUT2D eigenvalue weighted by Crippen LogP contribution is -2.19. The summed E-state index contributed by atoms with van der Waals surface area (Å²) in [5, 5.41) is 0.562. The Kier molecular flexibility index (Phi) is 3.54. The van der Waals surface area contributed by atoms with E-state index in [-0.39, 0.29) is 17.3 Å². The molecule has 1 aromatic rings. The van der Waals surface area contributed by atoms with E-state index in [1.165, 1.54) is 6.07 Å². The van der Waals surface area contributed by atoms with Crippen LogP contribution in [0.15, 0.2) is 10.5 Å². The van der Waals surface area contributed by atoms with Crippen molar-refractivity contribution >= 4 is 27.5 Å². The van der Waals surface area contributed by atoms with Crippen molar-refractivity contribution in [3.63, 3.8) is 0 Å². The molecule has 1 aliphatic carbocycles. The molecule has 0 bridgehead atoms. The minimum absolute atomic E-state index is 0.126. The Bertz CT molecular complexity index is 459. The summed E-state index contributed by atoms with van der Waals surface area (Å²) in [6.07, 6.45) is 2.47. The fraction of sp³-hybridized carbons (Fsp3) is 0.538. The Balaban J connectivity index is 2.59. The van der Waals surface area contributed by atoms with Gasteiger partial charge in [0.05, 0.1) is 5.02 Å². The molecule has 0 aromatic heterocycles. The van der Waals surface area contributed by atoms with E-state index in [1.54, 1.807) is 0 Å². The zero-order valence-electron chi connectivity index (χ0n) is 9.99. The van der Waals surface area contributed by atoms with Crippen LogP contribution in [-0.2, 0) is 6.42 Å². The van der Waals surface area contributed by atoms with Gasteiger partial charge >= 0.3 is 0 Å². The van der Waals surface area contributed by atoms with Crippen LogP contribution in [0, 0.1) is 11.2 Å². The van der Waals surface area contributed by atoms with Gasteiger partial charge in [0.1, 0.15) is 5.82 Å². The highest BCUT2D eigenvalue weighted by Gasteiger charge is 2.31. The Hall–Kier alpha value is -0.120. The first kappa shape index (κ1) is 13.3. The van der Waals surface area contributed by atoms with Crippen LogP contribution >= 0.6 is 27.5 Å². The number of rotatable bonds is 0. The Labute approximate surface area is 115 Å². The van der Waals surface area contributed by atoms with Crippen molar-refractivity contribution < 1.29 is 4.39 Å². The first-order valence-electron chi connectivity index (χ1n) is 5.74. The van der Waals surface area contributed by atoms with Gasteiger partial charge in [0.15, 0.2) is 0 Å². The van der Waals surface area contributed by atoms with Crippen LogP contribution in [0.1, 0.15) is 43.9 Å². The van der Waals surface area contributed by atoms with Gasteiger partial charge < -0.3 is 5.73 Å². The lowest BCUT2D eigenvalue weighted by molar-refractivity contribution is 0.293. The average Bonchev–Trinajstić information content (AvgIpc) is 2.31. The van der Waals surface area contributed by atoms with Crippen LogP contribution in [-0.4, -0.2) is 0 Å². The fourth-order valence-corrected chi connectivity index (χ4v) is 3.28. The molecule has 17 heavy (non-hydrogen) atoms. The van der Waals surface area contributed by atoms with Crippen LogP contribution in [0.5, 0.6) is 0 Å². The van der Waals surface area contributed by atoms with Crippen LogP contribution in [0.4, 0.5) is 4.39 Å². The minimum atomic E-state index is -0.204. The minimum Gasteiger partial charge on any atom is -0.324 e. The summed E-state index contributed by atoms with van der Waals surface area (Å²) >= 11 is 9.53. The lowest BCUT2D eigenvalue weighted by atomic mass is 9.83. The molecule has 0 spiro atoms.